The fourth-order valence-electron chi connectivity index (χ4n) is 2.65. The molecule has 1 aromatic carbocycles. The van der Waals surface area contributed by atoms with E-state index < -0.39 is 0 Å². The van der Waals surface area contributed by atoms with Gasteiger partial charge >= 0.3 is 0 Å². The van der Waals surface area contributed by atoms with Gasteiger partial charge in [0.1, 0.15) is 0 Å². The van der Waals surface area contributed by atoms with Crippen molar-refractivity contribution in [3.8, 4) is 0 Å². The number of carbonyl (C=O) groups excluding carboxylic acids is 1. The highest BCUT2D eigenvalue weighted by molar-refractivity contribution is 5.94. The highest BCUT2D eigenvalue weighted by Gasteiger charge is 2.17. The summed E-state index contributed by atoms with van der Waals surface area (Å²) in [5.74, 6) is 0.866. The second-order valence-electron chi connectivity index (χ2n) is 7.36. The average Bonchev–Trinajstić information content (AvgIpc) is 2.40. The summed E-state index contributed by atoms with van der Waals surface area (Å²) in [4.78, 5) is 14.6. The first-order valence-corrected chi connectivity index (χ1v) is 7.97. The maximum Gasteiger partial charge on any atom is 0.251 e. The Bertz CT molecular complexity index is 465. The van der Waals surface area contributed by atoms with Gasteiger partial charge in [-0.25, -0.2) is 0 Å². The molecule has 1 heterocycles. The van der Waals surface area contributed by atoms with Gasteiger partial charge in [0.15, 0.2) is 0 Å². The lowest BCUT2D eigenvalue weighted by molar-refractivity contribution is 0.0919. The van der Waals surface area contributed by atoms with Crippen LogP contribution in [0.3, 0.4) is 0 Å². The summed E-state index contributed by atoms with van der Waals surface area (Å²) in [7, 11) is 0. The van der Waals surface area contributed by atoms with Crippen LogP contribution in [-0.4, -0.2) is 29.4 Å². The average molecular weight is 288 g/mol. The van der Waals surface area contributed by atoms with Gasteiger partial charge in [-0.05, 0) is 70.3 Å². The van der Waals surface area contributed by atoms with Crippen LogP contribution in [0.5, 0.6) is 0 Å². The summed E-state index contributed by atoms with van der Waals surface area (Å²) in [6.45, 7) is 11.7. The van der Waals surface area contributed by atoms with Crippen molar-refractivity contribution in [1.82, 2.24) is 10.2 Å². The van der Waals surface area contributed by atoms with Crippen molar-refractivity contribution in [3.05, 3.63) is 35.4 Å². The molecule has 0 spiro atoms. The lowest BCUT2D eigenvalue weighted by Gasteiger charge is -2.30. The summed E-state index contributed by atoms with van der Waals surface area (Å²) in [5, 5.41) is 2.99. The lowest BCUT2D eigenvalue weighted by Crippen LogP contribution is -2.40. The summed E-state index contributed by atoms with van der Waals surface area (Å²) < 4.78 is 0. The quantitative estimate of drug-likeness (QED) is 0.924. The molecule has 1 amide bonds. The number of rotatable bonds is 3. The SMILES string of the molecule is CC1CCN(Cc2ccc(C(=O)NC(C)(C)C)cc2)CC1. The summed E-state index contributed by atoms with van der Waals surface area (Å²) in [5.41, 5.74) is 1.83. The minimum absolute atomic E-state index is 0.000785. The minimum Gasteiger partial charge on any atom is -0.347 e. The first-order valence-electron chi connectivity index (χ1n) is 7.97. The van der Waals surface area contributed by atoms with Crippen molar-refractivity contribution in [1.29, 1.82) is 0 Å². The largest absolute Gasteiger partial charge is 0.347 e. The van der Waals surface area contributed by atoms with Gasteiger partial charge in [-0.1, -0.05) is 19.1 Å². The molecule has 3 heteroatoms. The van der Waals surface area contributed by atoms with E-state index in [1.54, 1.807) is 0 Å². The first-order chi connectivity index (χ1) is 9.83. The van der Waals surface area contributed by atoms with Crippen LogP contribution in [0.4, 0.5) is 0 Å². The van der Waals surface area contributed by atoms with Crippen molar-refractivity contribution in [2.24, 2.45) is 5.92 Å². The number of hydrogen-bond acceptors (Lipinski definition) is 2. The number of nitrogens with one attached hydrogen (secondary N) is 1. The van der Waals surface area contributed by atoms with Gasteiger partial charge in [0.25, 0.3) is 5.91 Å². The van der Waals surface area contributed by atoms with Crippen LogP contribution in [0.1, 0.15) is 56.5 Å². The number of likely N-dealkylation sites (tertiary alicyclic amines) is 1. The van der Waals surface area contributed by atoms with Crippen molar-refractivity contribution >= 4 is 5.91 Å². The first kappa shape index (κ1) is 16.0. The fourth-order valence-corrected chi connectivity index (χ4v) is 2.65. The van der Waals surface area contributed by atoms with E-state index in [9.17, 15) is 4.79 Å². The zero-order chi connectivity index (χ0) is 15.5. The highest BCUT2D eigenvalue weighted by Crippen LogP contribution is 2.18. The van der Waals surface area contributed by atoms with Gasteiger partial charge < -0.3 is 5.32 Å². The predicted molar refractivity (Wildman–Crippen MR) is 87.3 cm³/mol. The Balaban J connectivity index is 1.91. The molecule has 1 aliphatic rings. The monoisotopic (exact) mass is 288 g/mol. The summed E-state index contributed by atoms with van der Waals surface area (Å²) in [6, 6.07) is 8.02. The van der Waals surface area contributed by atoms with Crippen LogP contribution < -0.4 is 5.32 Å². The van der Waals surface area contributed by atoms with Crippen molar-refractivity contribution in [2.45, 2.75) is 52.6 Å². The molecular weight excluding hydrogens is 260 g/mol. The molecule has 2 rings (SSSR count). The van der Waals surface area contributed by atoms with Gasteiger partial charge in [-0.3, -0.25) is 9.69 Å². The van der Waals surface area contributed by atoms with E-state index in [2.05, 4.69) is 29.3 Å². The number of benzene rings is 1. The van der Waals surface area contributed by atoms with E-state index in [1.807, 2.05) is 32.9 Å². The molecule has 0 radical (unpaired) electrons. The topological polar surface area (TPSA) is 32.3 Å². The molecule has 0 atom stereocenters. The van der Waals surface area contributed by atoms with Crippen LogP contribution >= 0.6 is 0 Å². The van der Waals surface area contributed by atoms with Crippen LogP contribution in [0.25, 0.3) is 0 Å². The summed E-state index contributed by atoms with van der Waals surface area (Å²) >= 11 is 0. The molecule has 1 aliphatic heterocycles. The minimum atomic E-state index is -0.194. The second-order valence-corrected chi connectivity index (χ2v) is 7.36. The molecule has 3 nitrogen and oxygen atoms in total. The number of nitrogens with zero attached hydrogens (tertiary/aromatic N) is 1. The van der Waals surface area contributed by atoms with E-state index in [0.29, 0.717) is 0 Å². The molecule has 0 bridgehead atoms. The molecular formula is C18H28N2O. The standard InChI is InChI=1S/C18H28N2O/c1-14-9-11-20(12-10-14)13-15-5-7-16(8-6-15)17(21)19-18(2,3)4/h5-8,14H,9-13H2,1-4H3,(H,19,21). The molecule has 0 saturated carbocycles. The lowest BCUT2D eigenvalue weighted by atomic mass is 9.99. The number of carbonyl (C=O) groups is 1. The Kier molecular flexibility index (Phi) is 5.04. The fraction of sp³-hybridized carbons (Fsp3) is 0.611. The van der Waals surface area contributed by atoms with Crippen molar-refractivity contribution in [3.63, 3.8) is 0 Å². The third-order valence-corrected chi connectivity index (χ3v) is 3.99. The zero-order valence-electron chi connectivity index (χ0n) is 13.8. The van der Waals surface area contributed by atoms with E-state index in [-0.39, 0.29) is 11.4 Å². The van der Waals surface area contributed by atoms with E-state index in [4.69, 9.17) is 0 Å². The predicted octanol–water partition coefficient (Wildman–Crippen LogP) is 3.45. The normalized spacial score (nSPS) is 17.7. The van der Waals surface area contributed by atoms with E-state index in [1.165, 1.54) is 31.5 Å². The van der Waals surface area contributed by atoms with Gasteiger partial charge in [-0.2, -0.15) is 0 Å². The third kappa shape index (κ3) is 5.16. The molecule has 116 valence electrons. The van der Waals surface area contributed by atoms with Crippen LogP contribution in [0, 0.1) is 5.92 Å². The van der Waals surface area contributed by atoms with Gasteiger partial charge in [0, 0.05) is 17.6 Å². The maximum atomic E-state index is 12.1. The van der Waals surface area contributed by atoms with Gasteiger partial charge in [0.2, 0.25) is 0 Å². The molecule has 0 aliphatic carbocycles. The zero-order valence-corrected chi connectivity index (χ0v) is 13.8. The Labute approximate surface area is 128 Å². The Morgan fingerprint density at radius 1 is 1.19 bits per heavy atom. The molecule has 0 aromatic heterocycles. The molecule has 1 saturated heterocycles. The molecule has 21 heavy (non-hydrogen) atoms. The van der Waals surface area contributed by atoms with E-state index in [0.717, 1.165) is 18.0 Å². The highest BCUT2D eigenvalue weighted by atomic mass is 16.1. The molecule has 0 unspecified atom stereocenters. The van der Waals surface area contributed by atoms with Crippen molar-refractivity contribution < 1.29 is 4.79 Å². The molecule has 1 N–H and O–H groups in total. The Hall–Kier alpha value is -1.35. The summed E-state index contributed by atoms with van der Waals surface area (Å²) in [6.07, 6.45) is 2.60. The Morgan fingerprint density at radius 2 is 1.76 bits per heavy atom. The Morgan fingerprint density at radius 3 is 2.29 bits per heavy atom. The van der Waals surface area contributed by atoms with E-state index >= 15 is 0 Å². The van der Waals surface area contributed by atoms with Crippen LogP contribution in [-0.2, 0) is 6.54 Å². The van der Waals surface area contributed by atoms with Crippen LogP contribution in [0.2, 0.25) is 0 Å². The second kappa shape index (κ2) is 6.61. The molecule has 1 fully saturated rings. The van der Waals surface area contributed by atoms with Gasteiger partial charge in [0.05, 0.1) is 0 Å². The maximum absolute atomic E-state index is 12.1. The van der Waals surface area contributed by atoms with Crippen LogP contribution in [0.15, 0.2) is 24.3 Å². The van der Waals surface area contributed by atoms with Gasteiger partial charge in [-0.15, -0.1) is 0 Å². The molecule has 1 aromatic rings. The van der Waals surface area contributed by atoms with Crippen molar-refractivity contribution in [2.75, 3.05) is 13.1 Å². The number of hydrogen-bond donors (Lipinski definition) is 1. The third-order valence-electron chi connectivity index (χ3n) is 3.99. The number of amides is 1. The number of piperidine rings is 1. The smallest absolute Gasteiger partial charge is 0.251 e.